The van der Waals surface area contributed by atoms with Crippen LogP contribution in [-0.4, -0.2) is 40.4 Å². The zero-order chi connectivity index (χ0) is 15.2. The maximum absolute atomic E-state index is 12.0. The van der Waals surface area contributed by atoms with E-state index in [1.54, 1.807) is 25.0 Å². The lowest BCUT2D eigenvalue weighted by atomic mass is 9.96. The Bertz CT molecular complexity index is 456. The Kier molecular flexibility index (Phi) is 6.42. The van der Waals surface area contributed by atoms with Crippen LogP contribution in [0, 0.1) is 6.92 Å². The topological polar surface area (TPSA) is 64.1 Å². The smallest absolute Gasteiger partial charge is 0.326 e. The van der Waals surface area contributed by atoms with Crippen LogP contribution in [0.1, 0.15) is 32.9 Å². The summed E-state index contributed by atoms with van der Waals surface area (Å²) in [5.41, 5.74) is 0.253. The Morgan fingerprint density at radius 1 is 1.60 bits per heavy atom. The average molecular weight is 297 g/mol. The first-order chi connectivity index (χ1) is 9.41. The van der Waals surface area contributed by atoms with Crippen LogP contribution in [0.2, 0.25) is 0 Å². The van der Waals surface area contributed by atoms with E-state index < -0.39 is 5.54 Å². The van der Waals surface area contributed by atoms with Crippen molar-refractivity contribution in [3.8, 4) is 0 Å². The van der Waals surface area contributed by atoms with Crippen LogP contribution < -0.4 is 5.32 Å². The predicted octanol–water partition coefficient (Wildman–Crippen LogP) is 2.20. The molecule has 6 heteroatoms. The number of hydrogen-bond donors (Lipinski definition) is 1. The summed E-state index contributed by atoms with van der Waals surface area (Å²) >= 11 is 1.57. The molecule has 0 radical (unpaired) electrons. The third-order valence-corrected chi connectivity index (χ3v) is 4.03. The molecule has 1 aromatic heterocycles. The number of rotatable bonds is 7. The molecule has 0 aliphatic heterocycles. The summed E-state index contributed by atoms with van der Waals surface area (Å²) in [4.78, 5) is 20.6. The van der Waals surface area contributed by atoms with Gasteiger partial charge in [-0.1, -0.05) is 18.7 Å². The van der Waals surface area contributed by atoms with Gasteiger partial charge in [-0.15, -0.1) is 0 Å². The molecular formula is C14H23N3O2S. The number of hydrogen-bond acceptors (Lipinski definition) is 6. The fraction of sp³-hybridized carbons (Fsp3) is 0.643. The second kappa shape index (κ2) is 7.59. The van der Waals surface area contributed by atoms with E-state index in [1.165, 1.54) is 0 Å². The quantitative estimate of drug-likeness (QED) is 0.473. The molecule has 2 atom stereocenters. The monoisotopic (exact) mass is 297 g/mol. The maximum Gasteiger partial charge on any atom is 0.326 e. The van der Waals surface area contributed by atoms with Crippen molar-refractivity contribution in [2.75, 3.05) is 13.7 Å². The van der Waals surface area contributed by atoms with E-state index >= 15 is 0 Å². The Balaban J connectivity index is 2.67. The fourth-order valence-electron chi connectivity index (χ4n) is 1.86. The highest BCUT2D eigenvalue weighted by Gasteiger charge is 2.35. The van der Waals surface area contributed by atoms with E-state index in [2.05, 4.69) is 22.2 Å². The van der Waals surface area contributed by atoms with Gasteiger partial charge in [0, 0.05) is 17.1 Å². The molecule has 0 aliphatic rings. The first kappa shape index (κ1) is 16.9. The lowest BCUT2D eigenvalue weighted by Gasteiger charge is -2.29. The normalized spacial score (nSPS) is 15.4. The van der Waals surface area contributed by atoms with Crippen LogP contribution in [0.3, 0.4) is 0 Å². The highest BCUT2D eigenvalue weighted by Crippen LogP contribution is 2.27. The lowest BCUT2D eigenvalue weighted by molar-refractivity contribution is -0.150. The zero-order valence-electron chi connectivity index (χ0n) is 12.8. The maximum atomic E-state index is 12.0. The van der Waals surface area contributed by atoms with Gasteiger partial charge in [-0.2, -0.15) is 0 Å². The van der Waals surface area contributed by atoms with Crippen molar-refractivity contribution in [1.82, 2.24) is 15.3 Å². The van der Waals surface area contributed by atoms with Gasteiger partial charge in [-0.25, -0.2) is 9.97 Å². The molecule has 0 aliphatic carbocycles. The van der Waals surface area contributed by atoms with Gasteiger partial charge in [0.25, 0.3) is 0 Å². The van der Waals surface area contributed by atoms with Gasteiger partial charge < -0.3 is 10.1 Å². The van der Waals surface area contributed by atoms with Gasteiger partial charge in [0.2, 0.25) is 0 Å². The molecule has 0 amide bonds. The third kappa shape index (κ3) is 4.76. The molecule has 0 saturated carbocycles. The number of ether oxygens (including phenoxy) is 1. The molecule has 1 N–H and O–H groups in total. The van der Waals surface area contributed by atoms with Crippen molar-refractivity contribution in [1.29, 1.82) is 0 Å². The number of aromatic nitrogens is 2. The van der Waals surface area contributed by atoms with Crippen LogP contribution in [0.5, 0.6) is 0 Å². The fourth-order valence-corrected chi connectivity index (χ4v) is 2.95. The zero-order valence-corrected chi connectivity index (χ0v) is 13.6. The molecule has 0 bridgehead atoms. The van der Waals surface area contributed by atoms with Gasteiger partial charge in [-0.3, -0.25) is 4.79 Å². The number of aryl methyl sites for hydroxylation is 1. The average Bonchev–Trinajstić information content (AvgIpc) is 2.38. The Morgan fingerprint density at radius 3 is 2.85 bits per heavy atom. The van der Waals surface area contributed by atoms with Crippen molar-refractivity contribution in [3.05, 3.63) is 18.0 Å². The Labute approximate surface area is 124 Å². The highest BCUT2D eigenvalue weighted by atomic mass is 32.2. The SMILES string of the molecule is CCOC(=O)C(C)(CC(C)Sc1nccc(C)n1)NC. The number of carbonyl (C=O) groups excluding carboxylic acids is 1. The second-order valence-corrected chi connectivity index (χ2v) is 6.32. The molecule has 0 fully saturated rings. The summed E-state index contributed by atoms with van der Waals surface area (Å²) in [7, 11) is 1.78. The molecule has 1 rings (SSSR count). The summed E-state index contributed by atoms with van der Waals surface area (Å²) in [5.74, 6) is -0.222. The van der Waals surface area contributed by atoms with Crippen LogP contribution in [0.4, 0.5) is 0 Å². The highest BCUT2D eigenvalue weighted by molar-refractivity contribution is 7.99. The van der Waals surface area contributed by atoms with Crippen molar-refractivity contribution in [2.45, 2.75) is 50.1 Å². The molecule has 0 saturated heterocycles. The Hall–Kier alpha value is -1.14. The minimum absolute atomic E-state index is 0.193. The minimum Gasteiger partial charge on any atom is -0.465 e. The number of nitrogens with one attached hydrogen (secondary N) is 1. The van der Waals surface area contributed by atoms with E-state index in [0.29, 0.717) is 13.0 Å². The lowest BCUT2D eigenvalue weighted by Crippen LogP contribution is -2.50. The molecule has 5 nitrogen and oxygen atoms in total. The number of carbonyl (C=O) groups is 1. The summed E-state index contributed by atoms with van der Waals surface area (Å²) < 4.78 is 5.13. The van der Waals surface area contributed by atoms with Gasteiger partial charge in [0.05, 0.1) is 6.61 Å². The van der Waals surface area contributed by atoms with Gasteiger partial charge in [0.15, 0.2) is 5.16 Å². The minimum atomic E-state index is -0.688. The van der Waals surface area contributed by atoms with E-state index in [0.717, 1.165) is 10.9 Å². The van der Waals surface area contributed by atoms with Crippen molar-refractivity contribution in [3.63, 3.8) is 0 Å². The summed E-state index contributed by atoms with van der Waals surface area (Å²) in [5, 5.41) is 3.99. The largest absolute Gasteiger partial charge is 0.465 e. The second-order valence-electron chi connectivity index (χ2n) is 4.92. The number of thioether (sulfide) groups is 1. The molecule has 0 aromatic carbocycles. The predicted molar refractivity (Wildman–Crippen MR) is 80.8 cm³/mol. The molecule has 20 heavy (non-hydrogen) atoms. The van der Waals surface area contributed by atoms with E-state index in [1.807, 2.05) is 26.8 Å². The number of likely N-dealkylation sites (N-methyl/N-ethyl adjacent to an activating group) is 1. The van der Waals surface area contributed by atoms with Crippen LogP contribution in [0.25, 0.3) is 0 Å². The Morgan fingerprint density at radius 2 is 2.30 bits per heavy atom. The summed E-state index contributed by atoms with van der Waals surface area (Å²) in [6.07, 6.45) is 2.39. The van der Waals surface area contributed by atoms with E-state index in [9.17, 15) is 4.79 Å². The van der Waals surface area contributed by atoms with Crippen molar-refractivity contribution in [2.24, 2.45) is 0 Å². The van der Waals surface area contributed by atoms with E-state index in [4.69, 9.17) is 4.74 Å². The molecule has 1 aromatic rings. The molecular weight excluding hydrogens is 274 g/mol. The van der Waals surface area contributed by atoms with Gasteiger partial charge in [0.1, 0.15) is 5.54 Å². The first-order valence-electron chi connectivity index (χ1n) is 6.73. The number of esters is 1. The first-order valence-corrected chi connectivity index (χ1v) is 7.61. The van der Waals surface area contributed by atoms with Gasteiger partial charge >= 0.3 is 5.97 Å². The summed E-state index contributed by atoms with van der Waals surface area (Å²) in [6.45, 7) is 8.06. The molecule has 0 spiro atoms. The van der Waals surface area contributed by atoms with Crippen LogP contribution >= 0.6 is 11.8 Å². The molecule has 112 valence electrons. The van der Waals surface area contributed by atoms with Crippen LogP contribution in [0.15, 0.2) is 17.4 Å². The summed E-state index contributed by atoms with van der Waals surface area (Å²) in [6, 6.07) is 1.87. The molecule has 2 unspecified atom stereocenters. The van der Waals surface area contributed by atoms with Crippen molar-refractivity contribution >= 4 is 17.7 Å². The molecule has 1 heterocycles. The van der Waals surface area contributed by atoms with Gasteiger partial charge in [-0.05, 0) is 40.3 Å². The number of nitrogens with zero attached hydrogens (tertiary/aromatic N) is 2. The van der Waals surface area contributed by atoms with E-state index in [-0.39, 0.29) is 11.2 Å². The van der Waals surface area contributed by atoms with Crippen molar-refractivity contribution < 1.29 is 9.53 Å². The third-order valence-electron chi connectivity index (χ3n) is 3.05. The standard InChI is InChI=1S/C14H23N3O2S/c1-6-19-12(18)14(4,15-5)9-11(3)20-13-16-8-7-10(2)17-13/h7-8,11,15H,6,9H2,1-5H3. The van der Waals surface area contributed by atoms with Crippen LogP contribution in [-0.2, 0) is 9.53 Å².